The number of halogens is 1. The van der Waals surface area contributed by atoms with Crippen LogP contribution in [0.15, 0.2) is 35.7 Å². The first kappa shape index (κ1) is 13.9. The molecule has 6 heteroatoms. The van der Waals surface area contributed by atoms with Gasteiger partial charge >= 0.3 is 0 Å². The van der Waals surface area contributed by atoms with Crippen molar-refractivity contribution in [3.05, 3.63) is 45.6 Å². The van der Waals surface area contributed by atoms with Gasteiger partial charge in [-0.3, -0.25) is 4.79 Å². The van der Waals surface area contributed by atoms with Gasteiger partial charge in [0, 0.05) is 9.90 Å². The molecule has 100 valence electrons. The van der Waals surface area contributed by atoms with Crippen LogP contribution >= 0.6 is 22.9 Å². The van der Waals surface area contributed by atoms with E-state index in [1.54, 1.807) is 18.2 Å². The quantitative estimate of drug-likeness (QED) is 0.911. The maximum Gasteiger partial charge on any atom is 0.246 e. The standard InChI is InChI=1S/C13H13ClN2O2S/c1-18-10-5-4-8(14)7-9(10)16-13(17)12(15)11-3-2-6-19-11/h2-7,12H,15H2,1H3,(H,16,17). The van der Waals surface area contributed by atoms with E-state index in [0.29, 0.717) is 16.5 Å². The molecular formula is C13H13ClN2O2S. The summed E-state index contributed by atoms with van der Waals surface area (Å²) in [4.78, 5) is 12.9. The lowest BCUT2D eigenvalue weighted by molar-refractivity contribution is -0.117. The minimum Gasteiger partial charge on any atom is -0.495 e. The van der Waals surface area contributed by atoms with Crippen LogP contribution in [0.3, 0.4) is 0 Å². The Kier molecular flexibility index (Phi) is 4.42. The van der Waals surface area contributed by atoms with Crippen LogP contribution < -0.4 is 15.8 Å². The van der Waals surface area contributed by atoms with Crippen molar-refractivity contribution in [3.63, 3.8) is 0 Å². The van der Waals surface area contributed by atoms with Gasteiger partial charge in [0.1, 0.15) is 11.8 Å². The first-order valence-corrected chi connectivity index (χ1v) is 6.81. The highest BCUT2D eigenvalue weighted by atomic mass is 35.5. The molecule has 2 aromatic rings. The van der Waals surface area contributed by atoms with Crippen molar-refractivity contribution in [1.82, 2.24) is 0 Å². The summed E-state index contributed by atoms with van der Waals surface area (Å²) in [5.74, 6) is 0.235. The van der Waals surface area contributed by atoms with Gasteiger partial charge < -0.3 is 15.8 Å². The first-order chi connectivity index (χ1) is 9.11. The number of ether oxygens (including phenoxy) is 1. The molecule has 0 radical (unpaired) electrons. The Hall–Kier alpha value is -1.56. The summed E-state index contributed by atoms with van der Waals surface area (Å²) < 4.78 is 5.16. The highest BCUT2D eigenvalue weighted by molar-refractivity contribution is 7.10. The maximum atomic E-state index is 12.1. The summed E-state index contributed by atoms with van der Waals surface area (Å²) in [6, 6.07) is 7.98. The van der Waals surface area contributed by atoms with E-state index < -0.39 is 6.04 Å². The fourth-order valence-electron chi connectivity index (χ4n) is 1.59. The summed E-state index contributed by atoms with van der Waals surface area (Å²) in [7, 11) is 1.53. The minimum atomic E-state index is -0.705. The Labute approximate surface area is 120 Å². The average molecular weight is 297 g/mol. The van der Waals surface area contributed by atoms with Gasteiger partial charge in [0.25, 0.3) is 0 Å². The van der Waals surface area contributed by atoms with Gasteiger partial charge in [0.05, 0.1) is 12.8 Å². The zero-order chi connectivity index (χ0) is 13.8. The molecule has 1 aromatic heterocycles. The Morgan fingerprint density at radius 2 is 2.26 bits per heavy atom. The van der Waals surface area contributed by atoms with E-state index in [1.165, 1.54) is 18.4 Å². The third-order valence-corrected chi connectivity index (χ3v) is 3.74. The van der Waals surface area contributed by atoms with E-state index in [-0.39, 0.29) is 5.91 Å². The molecule has 0 saturated heterocycles. The van der Waals surface area contributed by atoms with Crippen molar-refractivity contribution < 1.29 is 9.53 Å². The maximum absolute atomic E-state index is 12.1. The molecule has 1 unspecified atom stereocenters. The zero-order valence-corrected chi connectivity index (χ0v) is 11.8. The molecule has 0 bridgehead atoms. The number of rotatable bonds is 4. The molecule has 0 aliphatic heterocycles. The number of carbonyl (C=O) groups is 1. The molecular weight excluding hydrogens is 284 g/mol. The molecule has 0 aliphatic rings. The van der Waals surface area contributed by atoms with Crippen molar-refractivity contribution >= 4 is 34.5 Å². The largest absolute Gasteiger partial charge is 0.495 e. The number of thiophene rings is 1. The smallest absolute Gasteiger partial charge is 0.246 e. The third-order valence-electron chi connectivity index (χ3n) is 2.55. The summed E-state index contributed by atoms with van der Waals surface area (Å²) in [6.07, 6.45) is 0. The summed E-state index contributed by atoms with van der Waals surface area (Å²) in [5, 5.41) is 5.12. The van der Waals surface area contributed by atoms with Gasteiger partial charge in [-0.2, -0.15) is 0 Å². The Morgan fingerprint density at radius 3 is 2.89 bits per heavy atom. The second-order valence-electron chi connectivity index (χ2n) is 3.83. The van der Waals surface area contributed by atoms with Crippen LogP contribution in [0.25, 0.3) is 0 Å². The van der Waals surface area contributed by atoms with Gasteiger partial charge in [0.15, 0.2) is 0 Å². The Balaban J connectivity index is 2.17. The lowest BCUT2D eigenvalue weighted by atomic mass is 10.2. The van der Waals surface area contributed by atoms with Crippen LogP contribution in [0.2, 0.25) is 5.02 Å². The van der Waals surface area contributed by atoms with Crippen LogP contribution in [0, 0.1) is 0 Å². The molecule has 19 heavy (non-hydrogen) atoms. The SMILES string of the molecule is COc1ccc(Cl)cc1NC(=O)C(N)c1cccs1. The number of benzene rings is 1. The number of amides is 1. The van der Waals surface area contributed by atoms with Gasteiger partial charge in [-0.05, 0) is 29.6 Å². The number of nitrogens with two attached hydrogens (primary N) is 1. The fraction of sp³-hybridized carbons (Fsp3) is 0.154. The fourth-order valence-corrected chi connectivity index (χ4v) is 2.48. The molecule has 4 nitrogen and oxygen atoms in total. The second-order valence-corrected chi connectivity index (χ2v) is 5.24. The highest BCUT2D eigenvalue weighted by Crippen LogP contribution is 2.28. The van der Waals surface area contributed by atoms with Crippen LogP contribution in [0.4, 0.5) is 5.69 Å². The van der Waals surface area contributed by atoms with E-state index in [4.69, 9.17) is 22.1 Å². The second kappa shape index (κ2) is 6.06. The van der Waals surface area contributed by atoms with E-state index in [9.17, 15) is 4.79 Å². The number of carbonyl (C=O) groups excluding carboxylic acids is 1. The van der Waals surface area contributed by atoms with E-state index in [1.807, 2.05) is 17.5 Å². The van der Waals surface area contributed by atoms with Crippen LogP contribution in [-0.4, -0.2) is 13.0 Å². The van der Waals surface area contributed by atoms with Crippen molar-refractivity contribution in [2.24, 2.45) is 5.73 Å². The van der Waals surface area contributed by atoms with Crippen molar-refractivity contribution in [2.75, 3.05) is 12.4 Å². The van der Waals surface area contributed by atoms with Crippen LogP contribution in [0.5, 0.6) is 5.75 Å². The Bertz CT molecular complexity index is 572. The predicted octanol–water partition coefficient (Wildman–Crippen LogP) is 3.05. The average Bonchev–Trinajstić information content (AvgIpc) is 2.92. The molecule has 1 heterocycles. The van der Waals surface area contributed by atoms with Crippen molar-refractivity contribution in [2.45, 2.75) is 6.04 Å². The first-order valence-electron chi connectivity index (χ1n) is 5.55. The molecule has 1 amide bonds. The van der Waals surface area contributed by atoms with Crippen molar-refractivity contribution in [1.29, 1.82) is 0 Å². The summed E-state index contributed by atoms with van der Waals surface area (Å²) >= 11 is 7.34. The number of hydrogen-bond acceptors (Lipinski definition) is 4. The third kappa shape index (κ3) is 3.26. The van der Waals surface area contributed by atoms with E-state index >= 15 is 0 Å². The van der Waals surface area contributed by atoms with E-state index in [2.05, 4.69) is 5.32 Å². The highest BCUT2D eigenvalue weighted by Gasteiger charge is 2.18. The minimum absolute atomic E-state index is 0.303. The molecule has 2 rings (SSSR count). The topological polar surface area (TPSA) is 64.3 Å². The molecule has 0 fully saturated rings. The van der Waals surface area contributed by atoms with Gasteiger partial charge in [-0.25, -0.2) is 0 Å². The van der Waals surface area contributed by atoms with Crippen molar-refractivity contribution in [3.8, 4) is 5.75 Å². The normalized spacial score (nSPS) is 11.9. The molecule has 0 spiro atoms. The Morgan fingerprint density at radius 1 is 1.47 bits per heavy atom. The lowest BCUT2D eigenvalue weighted by Crippen LogP contribution is -2.27. The van der Waals surface area contributed by atoms with Gasteiger partial charge in [-0.15, -0.1) is 11.3 Å². The summed E-state index contributed by atoms with van der Waals surface area (Å²) in [6.45, 7) is 0. The van der Waals surface area contributed by atoms with Gasteiger partial charge in [-0.1, -0.05) is 17.7 Å². The van der Waals surface area contributed by atoms with Crippen LogP contribution in [-0.2, 0) is 4.79 Å². The zero-order valence-electron chi connectivity index (χ0n) is 10.2. The monoisotopic (exact) mass is 296 g/mol. The number of methoxy groups -OCH3 is 1. The molecule has 1 atom stereocenters. The number of hydrogen-bond donors (Lipinski definition) is 2. The number of anilines is 1. The molecule has 0 aliphatic carbocycles. The van der Waals surface area contributed by atoms with Gasteiger partial charge in [0.2, 0.25) is 5.91 Å². The predicted molar refractivity (Wildman–Crippen MR) is 77.9 cm³/mol. The lowest BCUT2D eigenvalue weighted by Gasteiger charge is -2.13. The molecule has 1 aromatic carbocycles. The number of nitrogens with one attached hydrogen (secondary N) is 1. The molecule has 3 N–H and O–H groups in total. The van der Waals surface area contributed by atoms with Crippen LogP contribution in [0.1, 0.15) is 10.9 Å². The van der Waals surface area contributed by atoms with E-state index in [0.717, 1.165) is 4.88 Å². The summed E-state index contributed by atoms with van der Waals surface area (Å²) in [5.41, 5.74) is 6.39. The molecule has 0 saturated carbocycles.